The summed E-state index contributed by atoms with van der Waals surface area (Å²) in [5.74, 6) is 5.16. The smallest absolute Gasteiger partial charge is 0.320 e. The van der Waals surface area contributed by atoms with Crippen molar-refractivity contribution in [3.63, 3.8) is 0 Å². The van der Waals surface area contributed by atoms with Crippen LogP contribution in [0.3, 0.4) is 0 Å². The van der Waals surface area contributed by atoms with Crippen LogP contribution >= 0.6 is 0 Å². The molecule has 0 aliphatic rings. The fraction of sp³-hybridized carbons (Fsp3) is 0.385. The van der Waals surface area contributed by atoms with E-state index in [4.69, 9.17) is 5.73 Å². The number of sulfonamides is 1. The number of hydrogen-bond acceptors (Lipinski definition) is 3. The summed E-state index contributed by atoms with van der Waals surface area (Å²) < 4.78 is 62.2. The highest BCUT2D eigenvalue weighted by Gasteiger charge is 2.26. The van der Waals surface area contributed by atoms with Gasteiger partial charge in [0, 0.05) is 18.5 Å². The van der Waals surface area contributed by atoms with Gasteiger partial charge in [-0.2, -0.15) is 13.2 Å². The Labute approximate surface area is 121 Å². The summed E-state index contributed by atoms with van der Waals surface area (Å²) in [5, 5.41) is 0. The minimum absolute atomic E-state index is 0.0713. The monoisotopic (exact) mass is 320 g/mol. The van der Waals surface area contributed by atoms with E-state index in [0.29, 0.717) is 0 Å². The summed E-state index contributed by atoms with van der Waals surface area (Å²) >= 11 is 0. The lowest BCUT2D eigenvalue weighted by atomic mass is 10.2. The molecule has 1 aromatic carbocycles. The normalized spacial score (nSPS) is 11.8. The summed E-state index contributed by atoms with van der Waals surface area (Å²) in [6.45, 7) is -0.214. The summed E-state index contributed by atoms with van der Waals surface area (Å²) in [4.78, 5) is -0.0713. The predicted octanol–water partition coefficient (Wildman–Crippen LogP) is 1.62. The molecule has 0 amide bonds. The number of nitrogens with two attached hydrogens (primary N) is 1. The van der Waals surface area contributed by atoms with Crippen molar-refractivity contribution < 1.29 is 21.6 Å². The highest BCUT2D eigenvalue weighted by molar-refractivity contribution is 7.89. The van der Waals surface area contributed by atoms with Crippen LogP contribution in [0.4, 0.5) is 13.2 Å². The Morgan fingerprint density at radius 2 is 1.90 bits per heavy atom. The molecular formula is C13H15F3N2O2S. The molecule has 0 atom stereocenters. The number of benzene rings is 1. The van der Waals surface area contributed by atoms with Crippen molar-refractivity contribution >= 4 is 10.0 Å². The second kappa shape index (κ2) is 7.45. The van der Waals surface area contributed by atoms with E-state index >= 15 is 0 Å². The number of nitrogens with one attached hydrogen (secondary N) is 1. The molecule has 0 unspecified atom stereocenters. The Balaban J connectivity index is 2.79. The Hall–Kier alpha value is -1.56. The SMILES string of the molecule is NCC#Cc1ccccc1S(=O)(=O)NCCCC(F)(F)F. The molecule has 3 N–H and O–H groups in total. The maximum absolute atomic E-state index is 12.0. The molecule has 0 saturated heterocycles. The first-order valence-corrected chi connectivity index (χ1v) is 7.59. The van der Waals surface area contributed by atoms with Gasteiger partial charge in [-0.15, -0.1) is 0 Å². The molecule has 8 heteroatoms. The molecule has 21 heavy (non-hydrogen) atoms. The second-order valence-electron chi connectivity index (χ2n) is 4.12. The van der Waals surface area contributed by atoms with E-state index in [1.807, 2.05) is 0 Å². The van der Waals surface area contributed by atoms with E-state index in [0.717, 1.165) is 0 Å². The molecule has 0 aliphatic carbocycles. The highest BCUT2D eigenvalue weighted by atomic mass is 32.2. The van der Waals surface area contributed by atoms with Crippen molar-refractivity contribution in [2.45, 2.75) is 23.9 Å². The summed E-state index contributed by atoms with van der Waals surface area (Å²) in [7, 11) is -3.90. The Morgan fingerprint density at radius 1 is 1.24 bits per heavy atom. The van der Waals surface area contributed by atoms with Crippen molar-refractivity contribution in [1.29, 1.82) is 0 Å². The molecule has 0 spiro atoms. The molecule has 4 nitrogen and oxygen atoms in total. The minimum atomic E-state index is -4.30. The average molecular weight is 320 g/mol. The molecule has 0 fully saturated rings. The molecule has 1 aromatic rings. The standard InChI is InChI=1S/C13H15F3N2O2S/c14-13(15,16)8-4-10-18-21(19,20)12-7-2-1-5-11(12)6-3-9-17/h1-2,5,7,18H,4,8-10,17H2. The lowest BCUT2D eigenvalue weighted by Crippen LogP contribution is -2.26. The van der Waals surface area contributed by atoms with Crippen LogP contribution in [0, 0.1) is 11.8 Å². The van der Waals surface area contributed by atoms with E-state index in [1.54, 1.807) is 6.07 Å². The summed E-state index contributed by atoms with van der Waals surface area (Å²) in [6.07, 6.45) is -5.65. The first-order chi connectivity index (χ1) is 9.76. The van der Waals surface area contributed by atoms with Crippen LogP contribution in [0.2, 0.25) is 0 Å². The average Bonchev–Trinajstić information content (AvgIpc) is 2.41. The lowest BCUT2D eigenvalue weighted by Gasteiger charge is -2.09. The van der Waals surface area contributed by atoms with Crippen LogP contribution in [-0.2, 0) is 10.0 Å². The van der Waals surface area contributed by atoms with Crippen LogP contribution < -0.4 is 10.5 Å². The fourth-order valence-corrected chi connectivity index (χ4v) is 2.76. The van der Waals surface area contributed by atoms with E-state index < -0.39 is 22.6 Å². The number of alkyl halides is 3. The second-order valence-corrected chi connectivity index (χ2v) is 5.85. The van der Waals surface area contributed by atoms with Gasteiger partial charge in [0.2, 0.25) is 10.0 Å². The zero-order valence-corrected chi connectivity index (χ0v) is 11.9. The van der Waals surface area contributed by atoms with E-state index in [-0.39, 0.29) is 30.0 Å². The van der Waals surface area contributed by atoms with Gasteiger partial charge in [-0.05, 0) is 18.6 Å². The van der Waals surface area contributed by atoms with Gasteiger partial charge in [-0.1, -0.05) is 24.0 Å². The van der Waals surface area contributed by atoms with Crippen LogP contribution in [0.5, 0.6) is 0 Å². The summed E-state index contributed by atoms with van der Waals surface area (Å²) in [5.41, 5.74) is 5.49. The van der Waals surface area contributed by atoms with Crippen LogP contribution in [0.1, 0.15) is 18.4 Å². The fourth-order valence-electron chi connectivity index (χ4n) is 1.52. The molecule has 0 bridgehead atoms. The molecule has 0 aromatic heterocycles. The van der Waals surface area contributed by atoms with Crippen molar-refractivity contribution in [1.82, 2.24) is 4.72 Å². The Bertz CT molecular complexity index is 631. The maximum Gasteiger partial charge on any atom is 0.389 e. The van der Waals surface area contributed by atoms with Crippen molar-refractivity contribution in [2.24, 2.45) is 5.73 Å². The zero-order chi connectivity index (χ0) is 15.9. The molecule has 0 saturated carbocycles. The Morgan fingerprint density at radius 3 is 2.52 bits per heavy atom. The Kier molecular flexibility index (Phi) is 6.20. The van der Waals surface area contributed by atoms with Crippen LogP contribution in [0.15, 0.2) is 29.2 Å². The first kappa shape index (κ1) is 17.5. The van der Waals surface area contributed by atoms with E-state index in [1.165, 1.54) is 18.2 Å². The van der Waals surface area contributed by atoms with Crippen molar-refractivity contribution in [3.8, 4) is 11.8 Å². The van der Waals surface area contributed by atoms with Gasteiger partial charge in [-0.25, -0.2) is 13.1 Å². The third kappa shape index (κ3) is 6.16. The largest absolute Gasteiger partial charge is 0.389 e. The van der Waals surface area contributed by atoms with Gasteiger partial charge < -0.3 is 5.73 Å². The molecule has 116 valence electrons. The minimum Gasteiger partial charge on any atom is -0.320 e. The molecular weight excluding hydrogens is 305 g/mol. The molecule has 0 radical (unpaired) electrons. The van der Waals surface area contributed by atoms with E-state index in [2.05, 4.69) is 16.6 Å². The van der Waals surface area contributed by atoms with Crippen molar-refractivity contribution in [2.75, 3.05) is 13.1 Å². The number of hydrogen-bond donors (Lipinski definition) is 2. The lowest BCUT2D eigenvalue weighted by molar-refractivity contribution is -0.135. The first-order valence-electron chi connectivity index (χ1n) is 6.10. The maximum atomic E-state index is 12.0. The van der Waals surface area contributed by atoms with Gasteiger partial charge in [0.15, 0.2) is 0 Å². The topological polar surface area (TPSA) is 72.2 Å². The van der Waals surface area contributed by atoms with Gasteiger partial charge >= 0.3 is 6.18 Å². The quantitative estimate of drug-likeness (QED) is 0.640. The van der Waals surface area contributed by atoms with Crippen LogP contribution in [0.25, 0.3) is 0 Å². The molecule has 0 aliphatic heterocycles. The molecule has 0 heterocycles. The zero-order valence-electron chi connectivity index (χ0n) is 11.1. The highest BCUT2D eigenvalue weighted by Crippen LogP contribution is 2.21. The molecule has 1 rings (SSSR count). The van der Waals surface area contributed by atoms with Gasteiger partial charge in [0.05, 0.1) is 11.4 Å². The van der Waals surface area contributed by atoms with E-state index in [9.17, 15) is 21.6 Å². The summed E-state index contributed by atoms with van der Waals surface area (Å²) in [6, 6.07) is 5.97. The van der Waals surface area contributed by atoms with Gasteiger partial charge in [-0.3, -0.25) is 0 Å². The predicted molar refractivity (Wildman–Crippen MR) is 72.9 cm³/mol. The third-order valence-electron chi connectivity index (χ3n) is 2.43. The van der Waals surface area contributed by atoms with Gasteiger partial charge in [0.25, 0.3) is 0 Å². The van der Waals surface area contributed by atoms with Crippen molar-refractivity contribution in [3.05, 3.63) is 29.8 Å². The number of halogens is 3. The van der Waals surface area contributed by atoms with Gasteiger partial charge in [0.1, 0.15) is 0 Å². The number of rotatable bonds is 5. The third-order valence-corrected chi connectivity index (χ3v) is 3.95. The van der Waals surface area contributed by atoms with Crippen LogP contribution in [-0.4, -0.2) is 27.7 Å².